The summed E-state index contributed by atoms with van der Waals surface area (Å²) in [6.45, 7) is 11.5. The Labute approximate surface area is 137 Å². The van der Waals surface area contributed by atoms with E-state index in [9.17, 15) is 14.4 Å². The summed E-state index contributed by atoms with van der Waals surface area (Å²) in [5.41, 5.74) is -1.19. The fraction of sp³-hybridized carbons (Fsp3) is 0.812. The summed E-state index contributed by atoms with van der Waals surface area (Å²) in [6.07, 6.45) is 0.154. The number of esters is 1. The van der Waals surface area contributed by atoms with Crippen LogP contribution in [0.5, 0.6) is 0 Å². The van der Waals surface area contributed by atoms with Crippen molar-refractivity contribution in [2.24, 2.45) is 0 Å². The number of nitrogens with zero attached hydrogens (tertiary/aromatic N) is 2. The number of carbonyl (C=O) groups excluding carboxylic acids is 3. The molecular weight excluding hydrogens is 300 g/mol. The third-order valence-corrected chi connectivity index (χ3v) is 2.89. The summed E-state index contributed by atoms with van der Waals surface area (Å²) >= 11 is 0. The third-order valence-electron chi connectivity index (χ3n) is 2.89. The maximum atomic E-state index is 12.3. The van der Waals surface area contributed by atoms with Crippen molar-refractivity contribution in [1.29, 1.82) is 0 Å². The number of carbonyl (C=O) groups is 3. The van der Waals surface area contributed by atoms with Gasteiger partial charge in [0.15, 0.2) is 0 Å². The van der Waals surface area contributed by atoms with Crippen LogP contribution in [0.2, 0.25) is 0 Å². The minimum Gasteiger partial charge on any atom is -0.460 e. The van der Waals surface area contributed by atoms with Crippen LogP contribution in [0.3, 0.4) is 0 Å². The van der Waals surface area contributed by atoms with Gasteiger partial charge in [-0.1, -0.05) is 0 Å². The second-order valence-electron chi connectivity index (χ2n) is 7.56. The highest BCUT2D eigenvalue weighted by Crippen LogP contribution is 2.18. The summed E-state index contributed by atoms with van der Waals surface area (Å²) in [5, 5.41) is 2.67. The molecule has 0 aromatic heterocycles. The summed E-state index contributed by atoms with van der Waals surface area (Å²) < 4.78 is 10.5. The van der Waals surface area contributed by atoms with Crippen LogP contribution in [-0.2, 0) is 19.1 Å². The first-order valence-electron chi connectivity index (χ1n) is 7.92. The van der Waals surface area contributed by atoms with Gasteiger partial charge >= 0.3 is 12.1 Å². The summed E-state index contributed by atoms with van der Waals surface area (Å²) in [4.78, 5) is 36.1. The van der Waals surface area contributed by atoms with E-state index in [0.29, 0.717) is 19.5 Å². The SMILES string of the molecule is CC(C)(C)OC(=O)CCC(=O)N1CCCN1C(=O)OC(C)(C)C. The maximum absolute atomic E-state index is 12.3. The van der Waals surface area contributed by atoms with Gasteiger partial charge < -0.3 is 9.47 Å². The number of amides is 2. The molecular formula is C16H28N2O5. The highest BCUT2D eigenvalue weighted by molar-refractivity contribution is 5.83. The highest BCUT2D eigenvalue weighted by atomic mass is 16.6. The molecule has 0 aromatic rings. The Bertz CT molecular complexity index is 462. The van der Waals surface area contributed by atoms with Gasteiger partial charge in [-0.15, -0.1) is 0 Å². The number of hydrogen-bond donors (Lipinski definition) is 0. The van der Waals surface area contributed by atoms with E-state index in [-0.39, 0.29) is 18.7 Å². The Hall–Kier alpha value is -1.79. The zero-order valence-corrected chi connectivity index (χ0v) is 15.0. The van der Waals surface area contributed by atoms with Crippen LogP contribution in [0.25, 0.3) is 0 Å². The first kappa shape index (κ1) is 19.3. The molecule has 0 aromatic carbocycles. The molecule has 0 radical (unpaired) electrons. The zero-order valence-electron chi connectivity index (χ0n) is 15.0. The Morgan fingerprint density at radius 2 is 1.35 bits per heavy atom. The van der Waals surface area contributed by atoms with E-state index in [1.165, 1.54) is 10.0 Å². The average molecular weight is 328 g/mol. The summed E-state index contributed by atoms with van der Waals surface area (Å²) in [6, 6.07) is 0. The van der Waals surface area contributed by atoms with Gasteiger partial charge in [-0.2, -0.15) is 0 Å². The van der Waals surface area contributed by atoms with Gasteiger partial charge in [-0.05, 0) is 48.0 Å². The average Bonchev–Trinajstić information content (AvgIpc) is 2.80. The quantitative estimate of drug-likeness (QED) is 0.744. The van der Waals surface area contributed by atoms with Crippen molar-refractivity contribution < 1.29 is 23.9 Å². The molecule has 0 bridgehead atoms. The van der Waals surface area contributed by atoms with E-state index < -0.39 is 23.3 Å². The highest BCUT2D eigenvalue weighted by Gasteiger charge is 2.33. The molecule has 0 aliphatic carbocycles. The molecule has 2 amide bonds. The normalized spacial score (nSPS) is 15.6. The molecule has 1 aliphatic rings. The van der Waals surface area contributed by atoms with E-state index in [1.54, 1.807) is 41.5 Å². The van der Waals surface area contributed by atoms with E-state index in [4.69, 9.17) is 9.47 Å². The molecule has 23 heavy (non-hydrogen) atoms. The summed E-state index contributed by atoms with van der Waals surface area (Å²) in [5.74, 6) is -0.701. The molecule has 7 heteroatoms. The lowest BCUT2D eigenvalue weighted by Gasteiger charge is -2.30. The first-order chi connectivity index (χ1) is 10.4. The molecule has 1 fully saturated rings. The third kappa shape index (κ3) is 6.88. The van der Waals surface area contributed by atoms with Crippen LogP contribution in [0.1, 0.15) is 60.8 Å². The number of ether oxygens (including phenoxy) is 2. The maximum Gasteiger partial charge on any atom is 0.429 e. The number of rotatable bonds is 3. The Balaban J connectivity index is 2.54. The molecule has 0 unspecified atom stereocenters. The van der Waals surface area contributed by atoms with E-state index in [2.05, 4.69) is 0 Å². The zero-order chi connectivity index (χ0) is 17.8. The van der Waals surface area contributed by atoms with Crippen molar-refractivity contribution in [3.8, 4) is 0 Å². The van der Waals surface area contributed by atoms with Crippen molar-refractivity contribution in [3.05, 3.63) is 0 Å². The first-order valence-corrected chi connectivity index (χ1v) is 7.92. The Kier molecular flexibility index (Phi) is 6.02. The topological polar surface area (TPSA) is 76.2 Å². The smallest absolute Gasteiger partial charge is 0.429 e. The van der Waals surface area contributed by atoms with Crippen LogP contribution in [0.15, 0.2) is 0 Å². The molecule has 0 N–H and O–H groups in total. The van der Waals surface area contributed by atoms with Crippen LogP contribution >= 0.6 is 0 Å². The second kappa shape index (κ2) is 7.19. The largest absolute Gasteiger partial charge is 0.460 e. The van der Waals surface area contributed by atoms with Gasteiger partial charge in [0.05, 0.1) is 6.42 Å². The van der Waals surface area contributed by atoms with E-state index >= 15 is 0 Å². The van der Waals surface area contributed by atoms with Crippen molar-refractivity contribution in [1.82, 2.24) is 10.0 Å². The van der Waals surface area contributed by atoms with Crippen LogP contribution in [0, 0.1) is 0 Å². The number of hydrazine groups is 1. The van der Waals surface area contributed by atoms with Gasteiger partial charge in [0, 0.05) is 19.5 Å². The van der Waals surface area contributed by atoms with Crippen LogP contribution in [-0.4, -0.2) is 52.3 Å². The Morgan fingerprint density at radius 1 is 0.826 bits per heavy atom. The van der Waals surface area contributed by atoms with Crippen LogP contribution in [0.4, 0.5) is 4.79 Å². The minimum atomic E-state index is -0.620. The molecule has 0 spiro atoms. The fourth-order valence-electron chi connectivity index (χ4n) is 2.11. The standard InChI is InChI=1S/C16H28N2O5/c1-15(2,3)22-13(20)9-8-12(19)17-10-7-11-18(17)14(21)23-16(4,5)6/h7-11H2,1-6H3. The molecule has 1 aliphatic heterocycles. The van der Waals surface area contributed by atoms with Crippen molar-refractivity contribution in [3.63, 3.8) is 0 Å². The summed E-state index contributed by atoms with van der Waals surface area (Å²) in [7, 11) is 0. The van der Waals surface area contributed by atoms with Gasteiger partial charge in [0.25, 0.3) is 0 Å². The van der Waals surface area contributed by atoms with Gasteiger partial charge in [0.1, 0.15) is 11.2 Å². The minimum absolute atomic E-state index is 0.00520. The van der Waals surface area contributed by atoms with Crippen LogP contribution < -0.4 is 0 Å². The fourth-order valence-corrected chi connectivity index (χ4v) is 2.11. The molecule has 132 valence electrons. The lowest BCUT2D eigenvalue weighted by atomic mass is 10.2. The van der Waals surface area contributed by atoms with Gasteiger partial charge in [-0.3, -0.25) is 9.59 Å². The Morgan fingerprint density at radius 3 is 1.87 bits per heavy atom. The molecule has 7 nitrogen and oxygen atoms in total. The monoisotopic (exact) mass is 328 g/mol. The predicted molar refractivity (Wildman–Crippen MR) is 84.3 cm³/mol. The van der Waals surface area contributed by atoms with E-state index in [1.807, 2.05) is 0 Å². The van der Waals surface area contributed by atoms with E-state index in [0.717, 1.165) is 0 Å². The molecule has 0 atom stereocenters. The molecule has 1 rings (SSSR count). The van der Waals surface area contributed by atoms with Crippen molar-refractivity contribution in [2.75, 3.05) is 13.1 Å². The second-order valence-corrected chi connectivity index (χ2v) is 7.56. The lowest BCUT2D eigenvalue weighted by molar-refractivity contribution is -0.157. The lowest BCUT2D eigenvalue weighted by Crippen LogP contribution is -2.47. The van der Waals surface area contributed by atoms with Crippen molar-refractivity contribution >= 4 is 18.0 Å². The van der Waals surface area contributed by atoms with Gasteiger partial charge in [-0.25, -0.2) is 14.8 Å². The van der Waals surface area contributed by atoms with Crippen molar-refractivity contribution in [2.45, 2.75) is 72.0 Å². The molecule has 0 saturated carbocycles. The number of hydrogen-bond acceptors (Lipinski definition) is 5. The predicted octanol–water partition coefficient (Wildman–Crippen LogP) is 2.49. The molecule has 1 saturated heterocycles. The molecule has 1 heterocycles. The van der Waals surface area contributed by atoms with Gasteiger partial charge in [0.2, 0.25) is 5.91 Å².